The average molecular weight is 259 g/mol. The van der Waals surface area contributed by atoms with Crippen LogP contribution in [0, 0.1) is 0 Å². The lowest BCUT2D eigenvalue weighted by Crippen LogP contribution is -2.13. The molecule has 88 valence electrons. The number of hydrogen-bond donors (Lipinski definition) is 1. The topological polar surface area (TPSA) is 29.5 Å². The summed E-state index contributed by atoms with van der Waals surface area (Å²) < 4.78 is 5.53. The van der Waals surface area contributed by atoms with Gasteiger partial charge in [-0.2, -0.15) is 0 Å². The maximum absolute atomic E-state index is 9.28. The first-order chi connectivity index (χ1) is 7.70. The molecule has 1 aromatic carbocycles. The van der Waals surface area contributed by atoms with Crippen LogP contribution < -0.4 is 0 Å². The van der Waals surface area contributed by atoms with Crippen molar-refractivity contribution in [3.05, 3.63) is 28.8 Å². The lowest BCUT2D eigenvalue weighted by molar-refractivity contribution is 0.127. The fourth-order valence-corrected chi connectivity index (χ4v) is 3.24. The third-order valence-corrected chi connectivity index (χ3v) is 4.59. The Morgan fingerprint density at radius 2 is 2.38 bits per heavy atom. The summed E-state index contributed by atoms with van der Waals surface area (Å²) in [6.45, 7) is 2.96. The number of thioether (sulfide) groups is 1. The van der Waals surface area contributed by atoms with Crippen LogP contribution in [0.5, 0.6) is 0 Å². The van der Waals surface area contributed by atoms with Crippen LogP contribution in [0.3, 0.4) is 0 Å². The van der Waals surface area contributed by atoms with Gasteiger partial charge in [0.05, 0.1) is 12.7 Å². The molecule has 0 bridgehead atoms. The van der Waals surface area contributed by atoms with E-state index in [-0.39, 0.29) is 12.7 Å². The molecule has 4 heteroatoms. The SMILES string of the molecule is CC1OCCC1Sc1ccc(Cl)cc1CO. The van der Waals surface area contributed by atoms with Crippen LogP contribution in [0.15, 0.2) is 23.1 Å². The standard InChI is InChI=1S/C12H15ClO2S/c1-8-11(4-5-15-8)16-12-3-2-10(13)6-9(12)7-14/h2-3,6,8,11,14H,4-5,7H2,1H3. The molecule has 1 N–H and O–H groups in total. The van der Waals surface area contributed by atoms with E-state index in [1.807, 2.05) is 18.2 Å². The normalized spacial score (nSPS) is 24.9. The van der Waals surface area contributed by atoms with Crippen LogP contribution in [0.1, 0.15) is 18.9 Å². The van der Waals surface area contributed by atoms with Crippen molar-refractivity contribution in [2.24, 2.45) is 0 Å². The van der Waals surface area contributed by atoms with Gasteiger partial charge >= 0.3 is 0 Å². The Labute approximate surface area is 105 Å². The predicted octanol–water partition coefficient (Wildman–Crippen LogP) is 3.10. The van der Waals surface area contributed by atoms with E-state index in [9.17, 15) is 5.11 Å². The molecule has 0 spiro atoms. The fraction of sp³-hybridized carbons (Fsp3) is 0.500. The largest absolute Gasteiger partial charge is 0.392 e. The number of rotatable bonds is 3. The first-order valence-electron chi connectivity index (χ1n) is 5.38. The van der Waals surface area contributed by atoms with Gasteiger partial charge in [-0.25, -0.2) is 0 Å². The first kappa shape index (κ1) is 12.2. The molecule has 2 atom stereocenters. The monoisotopic (exact) mass is 258 g/mol. The highest BCUT2D eigenvalue weighted by Gasteiger charge is 2.25. The molecule has 2 nitrogen and oxygen atoms in total. The smallest absolute Gasteiger partial charge is 0.0693 e. The van der Waals surface area contributed by atoms with Gasteiger partial charge in [-0.1, -0.05) is 11.6 Å². The Hall–Kier alpha value is -0.220. The second-order valence-electron chi connectivity index (χ2n) is 3.93. The summed E-state index contributed by atoms with van der Waals surface area (Å²) >= 11 is 7.67. The van der Waals surface area contributed by atoms with Gasteiger partial charge in [-0.15, -0.1) is 11.8 Å². The molecule has 0 aromatic heterocycles. The molecule has 0 amide bonds. The predicted molar refractivity (Wildman–Crippen MR) is 67.1 cm³/mol. The van der Waals surface area contributed by atoms with Crippen LogP contribution >= 0.6 is 23.4 Å². The number of hydrogen-bond acceptors (Lipinski definition) is 3. The van der Waals surface area contributed by atoms with Crippen molar-refractivity contribution >= 4 is 23.4 Å². The van der Waals surface area contributed by atoms with Crippen LogP contribution in [0.4, 0.5) is 0 Å². The van der Waals surface area contributed by atoms with Crippen molar-refractivity contribution < 1.29 is 9.84 Å². The fourth-order valence-electron chi connectivity index (χ4n) is 1.82. The van der Waals surface area contributed by atoms with E-state index in [2.05, 4.69) is 6.92 Å². The zero-order chi connectivity index (χ0) is 11.5. The molecule has 1 aliphatic heterocycles. The van der Waals surface area contributed by atoms with Gasteiger partial charge < -0.3 is 9.84 Å². The molecule has 2 unspecified atom stereocenters. The van der Waals surface area contributed by atoms with Crippen molar-refractivity contribution in [2.45, 2.75) is 36.2 Å². The summed E-state index contributed by atoms with van der Waals surface area (Å²) in [6, 6.07) is 5.66. The van der Waals surface area contributed by atoms with E-state index in [0.29, 0.717) is 10.3 Å². The van der Waals surface area contributed by atoms with Gasteiger partial charge in [0.25, 0.3) is 0 Å². The number of ether oxygens (including phenoxy) is 1. The number of aliphatic hydroxyl groups is 1. The molecule has 0 saturated carbocycles. The number of halogens is 1. The van der Waals surface area contributed by atoms with Gasteiger partial charge in [0.1, 0.15) is 0 Å². The van der Waals surface area contributed by atoms with E-state index in [4.69, 9.17) is 16.3 Å². The first-order valence-corrected chi connectivity index (χ1v) is 6.64. The zero-order valence-electron chi connectivity index (χ0n) is 9.15. The second kappa shape index (κ2) is 5.41. The maximum atomic E-state index is 9.28. The van der Waals surface area contributed by atoms with Crippen molar-refractivity contribution in [2.75, 3.05) is 6.61 Å². The van der Waals surface area contributed by atoms with Gasteiger partial charge in [0, 0.05) is 21.8 Å². The van der Waals surface area contributed by atoms with Gasteiger partial charge in [-0.05, 0) is 37.1 Å². The summed E-state index contributed by atoms with van der Waals surface area (Å²) in [7, 11) is 0. The summed E-state index contributed by atoms with van der Waals surface area (Å²) in [5.41, 5.74) is 0.900. The molecule has 1 aliphatic rings. The molecule has 1 heterocycles. The molecular formula is C12H15ClO2S. The van der Waals surface area contributed by atoms with Gasteiger partial charge in [-0.3, -0.25) is 0 Å². The van der Waals surface area contributed by atoms with Crippen LogP contribution in [-0.2, 0) is 11.3 Å². The molecule has 1 saturated heterocycles. The Morgan fingerprint density at radius 3 is 3.00 bits per heavy atom. The van der Waals surface area contributed by atoms with Crippen molar-refractivity contribution in [1.29, 1.82) is 0 Å². The summed E-state index contributed by atoms with van der Waals surface area (Å²) in [6.07, 6.45) is 1.35. The molecule has 0 radical (unpaired) electrons. The molecular weight excluding hydrogens is 244 g/mol. The molecule has 1 fully saturated rings. The minimum atomic E-state index is 0.0326. The lowest BCUT2D eigenvalue weighted by atomic mass is 10.2. The van der Waals surface area contributed by atoms with E-state index in [1.54, 1.807) is 11.8 Å². The molecule has 1 aromatic rings. The summed E-state index contributed by atoms with van der Waals surface area (Å²) in [5, 5.41) is 10.4. The van der Waals surface area contributed by atoms with Crippen molar-refractivity contribution in [3.63, 3.8) is 0 Å². The minimum Gasteiger partial charge on any atom is -0.392 e. The third kappa shape index (κ3) is 2.72. The van der Waals surface area contributed by atoms with E-state index in [0.717, 1.165) is 23.5 Å². The maximum Gasteiger partial charge on any atom is 0.0693 e. The zero-order valence-corrected chi connectivity index (χ0v) is 10.7. The summed E-state index contributed by atoms with van der Waals surface area (Å²) in [5.74, 6) is 0. The molecule has 0 aliphatic carbocycles. The molecule has 16 heavy (non-hydrogen) atoms. The van der Waals surface area contributed by atoms with E-state index in [1.165, 1.54) is 0 Å². The number of aliphatic hydroxyl groups excluding tert-OH is 1. The Balaban J connectivity index is 2.14. The van der Waals surface area contributed by atoms with Crippen LogP contribution in [0.2, 0.25) is 5.02 Å². The average Bonchev–Trinajstić information content (AvgIpc) is 2.67. The lowest BCUT2D eigenvalue weighted by Gasteiger charge is -2.15. The van der Waals surface area contributed by atoms with Gasteiger partial charge in [0.15, 0.2) is 0 Å². The Kier molecular flexibility index (Phi) is 4.14. The van der Waals surface area contributed by atoms with Crippen molar-refractivity contribution in [1.82, 2.24) is 0 Å². The van der Waals surface area contributed by atoms with Crippen LogP contribution in [0.25, 0.3) is 0 Å². The highest BCUT2D eigenvalue weighted by molar-refractivity contribution is 8.00. The Bertz CT molecular complexity index is 370. The third-order valence-electron chi connectivity index (χ3n) is 2.78. The number of benzene rings is 1. The minimum absolute atomic E-state index is 0.0326. The second-order valence-corrected chi connectivity index (χ2v) is 5.65. The van der Waals surface area contributed by atoms with Crippen LogP contribution in [-0.4, -0.2) is 23.1 Å². The Morgan fingerprint density at radius 1 is 1.56 bits per heavy atom. The summed E-state index contributed by atoms with van der Waals surface area (Å²) in [4.78, 5) is 1.11. The highest BCUT2D eigenvalue weighted by Crippen LogP contribution is 2.35. The molecule has 2 rings (SSSR count). The van der Waals surface area contributed by atoms with Gasteiger partial charge in [0.2, 0.25) is 0 Å². The van der Waals surface area contributed by atoms with E-state index < -0.39 is 0 Å². The van der Waals surface area contributed by atoms with Crippen molar-refractivity contribution in [3.8, 4) is 0 Å². The quantitative estimate of drug-likeness (QED) is 0.904. The van der Waals surface area contributed by atoms with E-state index >= 15 is 0 Å². The highest BCUT2D eigenvalue weighted by atomic mass is 35.5.